The van der Waals surface area contributed by atoms with Crippen molar-refractivity contribution in [3.05, 3.63) is 23.9 Å². The van der Waals surface area contributed by atoms with E-state index >= 15 is 0 Å². The minimum absolute atomic E-state index is 0.00597. The summed E-state index contributed by atoms with van der Waals surface area (Å²) in [6, 6.07) is 3.36. The fourth-order valence-electron chi connectivity index (χ4n) is 2.81. The van der Waals surface area contributed by atoms with Crippen LogP contribution in [0.25, 0.3) is 0 Å². The van der Waals surface area contributed by atoms with Crippen LogP contribution >= 0.6 is 0 Å². The van der Waals surface area contributed by atoms with E-state index in [9.17, 15) is 22.8 Å². The second kappa shape index (κ2) is 6.89. The fraction of sp³-hybridized carbons (Fsp3) is 0.562. The second-order valence-electron chi connectivity index (χ2n) is 6.27. The predicted molar refractivity (Wildman–Crippen MR) is 80.5 cm³/mol. The minimum atomic E-state index is -4.46. The monoisotopic (exact) mass is 357 g/mol. The Bertz CT molecular complexity index is 662. The van der Waals surface area contributed by atoms with E-state index in [0.717, 1.165) is 12.8 Å². The normalized spacial score (nSPS) is 20.7. The van der Waals surface area contributed by atoms with Gasteiger partial charge in [-0.15, -0.1) is 0 Å². The third-order valence-electron chi connectivity index (χ3n) is 4.19. The lowest BCUT2D eigenvalue weighted by atomic mass is 10.1. The van der Waals surface area contributed by atoms with Crippen molar-refractivity contribution in [3.8, 4) is 5.88 Å². The summed E-state index contributed by atoms with van der Waals surface area (Å²) in [5.74, 6) is -0.896. The molecule has 0 radical (unpaired) electrons. The van der Waals surface area contributed by atoms with Crippen molar-refractivity contribution in [2.75, 3.05) is 13.2 Å². The van der Waals surface area contributed by atoms with Crippen LogP contribution in [-0.4, -0.2) is 47.1 Å². The van der Waals surface area contributed by atoms with E-state index in [1.807, 2.05) is 0 Å². The van der Waals surface area contributed by atoms with Gasteiger partial charge in [0.2, 0.25) is 17.7 Å². The topological polar surface area (TPSA) is 71.5 Å². The van der Waals surface area contributed by atoms with Gasteiger partial charge in [0.1, 0.15) is 0 Å². The summed E-state index contributed by atoms with van der Waals surface area (Å²) in [6.45, 7) is -1.05. The molecule has 0 spiro atoms. The van der Waals surface area contributed by atoms with Gasteiger partial charge in [-0.25, -0.2) is 4.98 Å². The number of rotatable bonds is 6. The Morgan fingerprint density at radius 1 is 1.40 bits per heavy atom. The predicted octanol–water partition coefficient (Wildman–Crippen LogP) is 1.65. The highest BCUT2D eigenvalue weighted by atomic mass is 19.4. The van der Waals surface area contributed by atoms with Crippen molar-refractivity contribution in [1.82, 2.24) is 15.2 Å². The molecule has 2 fully saturated rings. The van der Waals surface area contributed by atoms with Crippen LogP contribution in [0, 0.1) is 5.92 Å². The molecule has 0 aromatic carbocycles. The number of nitrogens with zero attached hydrogens (tertiary/aromatic N) is 2. The van der Waals surface area contributed by atoms with Gasteiger partial charge in [-0.05, 0) is 18.9 Å². The van der Waals surface area contributed by atoms with Crippen LogP contribution in [0.1, 0.15) is 24.8 Å². The second-order valence-corrected chi connectivity index (χ2v) is 6.27. The van der Waals surface area contributed by atoms with Crippen LogP contribution < -0.4 is 10.1 Å². The summed E-state index contributed by atoms with van der Waals surface area (Å²) in [5, 5.41) is 2.66. The highest BCUT2D eigenvalue weighted by Crippen LogP contribution is 2.32. The smallest absolute Gasteiger partial charge is 0.422 e. The first-order chi connectivity index (χ1) is 11.8. The van der Waals surface area contributed by atoms with E-state index < -0.39 is 18.7 Å². The molecule has 25 heavy (non-hydrogen) atoms. The first kappa shape index (κ1) is 17.5. The number of aromatic nitrogens is 1. The van der Waals surface area contributed by atoms with Crippen molar-refractivity contribution in [3.63, 3.8) is 0 Å². The van der Waals surface area contributed by atoms with Crippen molar-refractivity contribution >= 4 is 11.8 Å². The van der Waals surface area contributed by atoms with Gasteiger partial charge in [0.25, 0.3) is 0 Å². The molecule has 0 bridgehead atoms. The van der Waals surface area contributed by atoms with Crippen molar-refractivity contribution in [2.24, 2.45) is 5.92 Å². The van der Waals surface area contributed by atoms with Gasteiger partial charge >= 0.3 is 6.18 Å². The molecule has 1 saturated heterocycles. The number of carbonyl (C=O) groups excluding carboxylic acids is 2. The van der Waals surface area contributed by atoms with Crippen LogP contribution in [0.3, 0.4) is 0 Å². The summed E-state index contributed by atoms with van der Waals surface area (Å²) < 4.78 is 41.5. The van der Waals surface area contributed by atoms with Gasteiger partial charge < -0.3 is 15.0 Å². The number of amides is 2. The summed E-state index contributed by atoms with van der Waals surface area (Å²) in [7, 11) is 0. The van der Waals surface area contributed by atoms with E-state index in [1.165, 1.54) is 12.3 Å². The first-order valence-corrected chi connectivity index (χ1v) is 8.04. The Labute approximate surface area is 142 Å². The minimum Gasteiger partial charge on any atom is -0.468 e. The maximum absolute atomic E-state index is 12.3. The molecule has 2 heterocycles. The maximum Gasteiger partial charge on any atom is 0.422 e. The molecule has 2 aliphatic rings. The number of nitrogens with one attached hydrogen (secondary N) is 1. The number of likely N-dealkylation sites (tertiary alicyclic amines) is 1. The third kappa shape index (κ3) is 4.61. The highest BCUT2D eigenvalue weighted by molar-refractivity contribution is 5.89. The molecule has 0 unspecified atom stereocenters. The number of hydrogen-bond acceptors (Lipinski definition) is 4. The van der Waals surface area contributed by atoms with Gasteiger partial charge in [0, 0.05) is 37.3 Å². The molecule has 2 amide bonds. The fourth-order valence-corrected chi connectivity index (χ4v) is 2.81. The number of hydrogen-bond donors (Lipinski definition) is 1. The van der Waals surface area contributed by atoms with Crippen LogP contribution in [0.5, 0.6) is 5.88 Å². The zero-order valence-corrected chi connectivity index (χ0v) is 13.4. The van der Waals surface area contributed by atoms with Crippen LogP contribution in [-0.2, 0) is 16.1 Å². The maximum atomic E-state index is 12.3. The van der Waals surface area contributed by atoms with Gasteiger partial charge in [0.05, 0.1) is 5.92 Å². The van der Waals surface area contributed by atoms with Crippen LogP contribution in [0.4, 0.5) is 13.2 Å². The largest absolute Gasteiger partial charge is 0.468 e. The highest BCUT2D eigenvalue weighted by Gasteiger charge is 2.41. The average Bonchev–Trinajstić information content (AvgIpc) is 3.33. The van der Waals surface area contributed by atoms with Crippen molar-refractivity contribution in [2.45, 2.75) is 38.0 Å². The van der Waals surface area contributed by atoms with Gasteiger partial charge in [-0.3, -0.25) is 9.59 Å². The molecule has 1 aromatic heterocycles. The Balaban J connectivity index is 1.54. The number of alkyl halides is 3. The molecule has 3 rings (SSSR count). The van der Waals surface area contributed by atoms with Gasteiger partial charge in [0.15, 0.2) is 6.61 Å². The Kier molecular flexibility index (Phi) is 4.82. The van der Waals surface area contributed by atoms with Crippen molar-refractivity contribution in [1.29, 1.82) is 0 Å². The summed E-state index contributed by atoms with van der Waals surface area (Å²) >= 11 is 0. The molecular formula is C16H18F3N3O3. The third-order valence-corrected chi connectivity index (χ3v) is 4.19. The SMILES string of the molecule is O=C(NCc1cccnc1OCC(F)(F)F)[C@@H]1CC(=O)N(C2CC2)C1. The lowest BCUT2D eigenvalue weighted by Crippen LogP contribution is -2.33. The molecule has 6 nitrogen and oxygen atoms in total. The molecule has 1 aromatic rings. The van der Waals surface area contributed by atoms with Crippen LogP contribution in [0.15, 0.2) is 18.3 Å². The van der Waals surface area contributed by atoms with Gasteiger partial charge in [-0.1, -0.05) is 6.07 Å². The lowest BCUT2D eigenvalue weighted by Gasteiger charge is -2.16. The van der Waals surface area contributed by atoms with E-state index in [2.05, 4.69) is 15.0 Å². The molecule has 1 saturated carbocycles. The van der Waals surface area contributed by atoms with Gasteiger partial charge in [-0.2, -0.15) is 13.2 Å². The number of carbonyl (C=O) groups is 2. The molecular weight excluding hydrogens is 339 g/mol. The molecule has 9 heteroatoms. The average molecular weight is 357 g/mol. The quantitative estimate of drug-likeness (QED) is 0.840. The Hall–Kier alpha value is -2.32. The summed E-state index contributed by atoms with van der Waals surface area (Å²) in [5.41, 5.74) is 0.350. The van der Waals surface area contributed by atoms with Crippen LogP contribution in [0.2, 0.25) is 0 Å². The molecule has 1 N–H and O–H groups in total. The number of halogens is 3. The molecule has 1 atom stereocenters. The van der Waals surface area contributed by atoms with E-state index in [4.69, 9.17) is 0 Å². The van der Waals surface area contributed by atoms with E-state index in [0.29, 0.717) is 12.1 Å². The number of ether oxygens (including phenoxy) is 1. The standard InChI is InChI=1S/C16H18F3N3O3/c17-16(18,19)9-25-15-10(2-1-5-20-15)7-21-14(24)11-6-13(23)22(8-11)12-3-4-12/h1-2,5,11-12H,3-4,6-9H2,(H,21,24)/t11-/m1/s1. The molecule has 1 aliphatic carbocycles. The molecule has 1 aliphatic heterocycles. The zero-order chi connectivity index (χ0) is 18.0. The number of pyridine rings is 1. The lowest BCUT2D eigenvalue weighted by molar-refractivity contribution is -0.154. The summed E-state index contributed by atoms with van der Waals surface area (Å²) in [6.07, 6.45) is -1.01. The first-order valence-electron chi connectivity index (χ1n) is 8.04. The van der Waals surface area contributed by atoms with E-state index in [-0.39, 0.29) is 36.7 Å². The van der Waals surface area contributed by atoms with Crippen molar-refractivity contribution < 1.29 is 27.5 Å². The Morgan fingerprint density at radius 2 is 2.16 bits per heavy atom. The molecule has 136 valence electrons. The summed E-state index contributed by atoms with van der Waals surface area (Å²) in [4.78, 5) is 29.7. The Morgan fingerprint density at radius 3 is 2.84 bits per heavy atom. The zero-order valence-electron chi connectivity index (χ0n) is 13.4. The van der Waals surface area contributed by atoms with E-state index in [1.54, 1.807) is 11.0 Å².